The molecule has 0 aromatic carbocycles. The van der Waals surface area contributed by atoms with Crippen LogP contribution < -0.4 is 10.1 Å². The summed E-state index contributed by atoms with van der Waals surface area (Å²) in [6.45, 7) is 2.14. The van der Waals surface area contributed by atoms with Crippen molar-refractivity contribution in [3.05, 3.63) is 24.5 Å². The summed E-state index contributed by atoms with van der Waals surface area (Å²) in [5.74, 6) is 0.962. The smallest absolute Gasteiger partial charge is 0.122 e. The van der Waals surface area contributed by atoms with Gasteiger partial charge in [-0.25, -0.2) is 0 Å². The van der Waals surface area contributed by atoms with Crippen LogP contribution in [0.3, 0.4) is 0 Å². The number of hydrogen-bond donors (Lipinski definition) is 1. The Balaban J connectivity index is 1.75. The van der Waals surface area contributed by atoms with Crippen molar-refractivity contribution in [2.45, 2.75) is 44.6 Å². The quantitative estimate of drug-likeness (QED) is 0.871. The molecule has 0 amide bonds. The predicted octanol–water partition coefficient (Wildman–Crippen LogP) is 2.77. The lowest BCUT2D eigenvalue weighted by Gasteiger charge is -2.46. The van der Waals surface area contributed by atoms with E-state index in [0.29, 0.717) is 11.5 Å². The summed E-state index contributed by atoms with van der Waals surface area (Å²) >= 11 is 0. The lowest BCUT2D eigenvalue weighted by Crippen LogP contribution is -2.52. The molecule has 1 aliphatic carbocycles. The molecule has 2 aliphatic rings. The summed E-state index contributed by atoms with van der Waals surface area (Å²) in [7, 11) is 0. The van der Waals surface area contributed by atoms with Gasteiger partial charge in [-0.05, 0) is 37.9 Å². The molecule has 3 nitrogen and oxygen atoms in total. The van der Waals surface area contributed by atoms with Crippen molar-refractivity contribution in [1.29, 1.82) is 0 Å². The fourth-order valence-corrected chi connectivity index (χ4v) is 3.52. The summed E-state index contributed by atoms with van der Waals surface area (Å²) in [4.78, 5) is 4.05. The molecule has 1 aromatic rings. The van der Waals surface area contributed by atoms with Gasteiger partial charge in [0.1, 0.15) is 11.9 Å². The highest BCUT2D eigenvalue weighted by molar-refractivity contribution is 5.18. The average molecular weight is 246 g/mol. The molecule has 98 valence electrons. The Labute approximate surface area is 109 Å². The van der Waals surface area contributed by atoms with Crippen LogP contribution in [0.2, 0.25) is 0 Å². The summed E-state index contributed by atoms with van der Waals surface area (Å²) in [5.41, 5.74) is 0.423. The third-order valence-corrected chi connectivity index (χ3v) is 4.59. The largest absolute Gasteiger partial charge is 0.488 e. The zero-order valence-electron chi connectivity index (χ0n) is 10.9. The molecule has 1 spiro atoms. The Morgan fingerprint density at radius 2 is 1.89 bits per heavy atom. The molecule has 0 radical (unpaired) electrons. The molecule has 1 aliphatic heterocycles. The first-order valence-electron chi connectivity index (χ1n) is 7.16. The van der Waals surface area contributed by atoms with E-state index in [9.17, 15) is 0 Å². The zero-order valence-corrected chi connectivity index (χ0v) is 10.9. The molecule has 3 rings (SSSR count). The van der Waals surface area contributed by atoms with E-state index in [1.807, 2.05) is 12.1 Å². The zero-order chi connectivity index (χ0) is 12.3. The molecule has 2 heterocycles. The van der Waals surface area contributed by atoms with Crippen LogP contribution in [-0.2, 0) is 0 Å². The fourth-order valence-electron chi connectivity index (χ4n) is 3.52. The van der Waals surface area contributed by atoms with Gasteiger partial charge in [0.15, 0.2) is 0 Å². The number of rotatable bonds is 2. The van der Waals surface area contributed by atoms with Crippen molar-refractivity contribution in [3.8, 4) is 5.75 Å². The first-order valence-corrected chi connectivity index (χ1v) is 7.16. The van der Waals surface area contributed by atoms with Crippen LogP contribution in [0, 0.1) is 5.41 Å². The van der Waals surface area contributed by atoms with E-state index in [2.05, 4.69) is 10.3 Å². The van der Waals surface area contributed by atoms with Gasteiger partial charge in [-0.15, -0.1) is 0 Å². The number of piperidine rings is 1. The lowest BCUT2D eigenvalue weighted by atomic mass is 9.66. The normalized spacial score (nSPS) is 27.0. The molecule has 2 fully saturated rings. The van der Waals surface area contributed by atoms with Crippen LogP contribution in [0.25, 0.3) is 0 Å². The standard InChI is InChI=1S/C15H22N2O/c1-2-6-15(7-3-1)8-11-17-12-14(15)18-13-4-9-16-10-5-13/h4-5,9-10,14,17H,1-3,6-8,11-12H2. The van der Waals surface area contributed by atoms with Crippen LogP contribution in [0.1, 0.15) is 38.5 Å². The summed E-state index contributed by atoms with van der Waals surface area (Å²) in [6, 6.07) is 3.93. The van der Waals surface area contributed by atoms with Gasteiger partial charge in [0.25, 0.3) is 0 Å². The second kappa shape index (κ2) is 5.27. The van der Waals surface area contributed by atoms with Crippen molar-refractivity contribution in [2.24, 2.45) is 5.41 Å². The second-order valence-corrected chi connectivity index (χ2v) is 5.67. The Bertz CT molecular complexity index is 365. The van der Waals surface area contributed by atoms with Gasteiger partial charge in [0.2, 0.25) is 0 Å². The Morgan fingerprint density at radius 3 is 2.67 bits per heavy atom. The molecule has 1 saturated heterocycles. The van der Waals surface area contributed by atoms with Gasteiger partial charge in [0.05, 0.1) is 0 Å². The molecular formula is C15H22N2O. The minimum absolute atomic E-state index is 0.328. The predicted molar refractivity (Wildman–Crippen MR) is 71.7 cm³/mol. The van der Waals surface area contributed by atoms with Gasteiger partial charge in [-0.3, -0.25) is 4.98 Å². The van der Waals surface area contributed by atoms with Crippen LogP contribution in [0.5, 0.6) is 5.75 Å². The van der Waals surface area contributed by atoms with Crippen LogP contribution >= 0.6 is 0 Å². The lowest BCUT2D eigenvalue weighted by molar-refractivity contribution is -0.00976. The van der Waals surface area contributed by atoms with E-state index in [1.54, 1.807) is 12.4 Å². The average Bonchev–Trinajstić information content (AvgIpc) is 2.44. The summed E-state index contributed by atoms with van der Waals surface area (Å²) < 4.78 is 6.25. The molecule has 1 N–H and O–H groups in total. The molecule has 1 atom stereocenters. The number of hydrogen-bond acceptors (Lipinski definition) is 3. The third kappa shape index (κ3) is 2.37. The summed E-state index contributed by atoms with van der Waals surface area (Å²) in [6.07, 6.45) is 12.0. The van der Waals surface area contributed by atoms with Crippen molar-refractivity contribution in [3.63, 3.8) is 0 Å². The number of pyridine rings is 1. The molecule has 0 bridgehead atoms. The Kier molecular flexibility index (Phi) is 3.50. The van der Waals surface area contributed by atoms with E-state index in [0.717, 1.165) is 18.8 Å². The van der Waals surface area contributed by atoms with E-state index in [-0.39, 0.29) is 0 Å². The highest BCUT2D eigenvalue weighted by atomic mass is 16.5. The Morgan fingerprint density at radius 1 is 1.11 bits per heavy atom. The minimum Gasteiger partial charge on any atom is -0.488 e. The molecule has 1 unspecified atom stereocenters. The highest BCUT2D eigenvalue weighted by Crippen LogP contribution is 2.44. The number of aromatic nitrogens is 1. The van der Waals surface area contributed by atoms with Crippen molar-refractivity contribution < 1.29 is 4.74 Å². The molecule has 1 aromatic heterocycles. The summed E-state index contributed by atoms with van der Waals surface area (Å²) in [5, 5.41) is 3.49. The first kappa shape index (κ1) is 12.0. The van der Waals surface area contributed by atoms with Gasteiger partial charge in [-0.1, -0.05) is 19.3 Å². The van der Waals surface area contributed by atoms with Crippen LogP contribution in [0.15, 0.2) is 24.5 Å². The molecule has 1 saturated carbocycles. The maximum Gasteiger partial charge on any atom is 0.122 e. The van der Waals surface area contributed by atoms with Gasteiger partial charge >= 0.3 is 0 Å². The second-order valence-electron chi connectivity index (χ2n) is 5.67. The van der Waals surface area contributed by atoms with Gasteiger partial charge in [0, 0.05) is 24.4 Å². The van der Waals surface area contributed by atoms with E-state index >= 15 is 0 Å². The maximum atomic E-state index is 6.25. The first-order chi connectivity index (χ1) is 8.89. The monoisotopic (exact) mass is 246 g/mol. The molecular weight excluding hydrogens is 224 g/mol. The van der Waals surface area contributed by atoms with Crippen molar-refractivity contribution in [2.75, 3.05) is 13.1 Å². The number of nitrogens with one attached hydrogen (secondary N) is 1. The third-order valence-electron chi connectivity index (χ3n) is 4.59. The van der Waals surface area contributed by atoms with Crippen molar-refractivity contribution in [1.82, 2.24) is 10.3 Å². The van der Waals surface area contributed by atoms with Crippen LogP contribution in [-0.4, -0.2) is 24.2 Å². The van der Waals surface area contributed by atoms with Gasteiger partial charge in [-0.2, -0.15) is 0 Å². The topological polar surface area (TPSA) is 34.1 Å². The van der Waals surface area contributed by atoms with Gasteiger partial charge < -0.3 is 10.1 Å². The fraction of sp³-hybridized carbons (Fsp3) is 0.667. The minimum atomic E-state index is 0.328. The molecule has 18 heavy (non-hydrogen) atoms. The SMILES string of the molecule is c1cc(OC2CNCCC23CCCCC3)ccn1. The van der Waals surface area contributed by atoms with Crippen LogP contribution in [0.4, 0.5) is 0 Å². The number of ether oxygens (including phenoxy) is 1. The number of nitrogens with zero attached hydrogens (tertiary/aromatic N) is 1. The van der Waals surface area contributed by atoms with Crippen molar-refractivity contribution >= 4 is 0 Å². The molecule has 3 heteroatoms. The maximum absolute atomic E-state index is 6.25. The highest BCUT2D eigenvalue weighted by Gasteiger charge is 2.42. The Hall–Kier alpha value is -1.09. The van der Waals surface area contributed by atoms with E-state index in [1.165, 1.54) is 38.5 Å². The van der Waals surface area contributed by atoms with E-state index in [4.69, 9.17) is 4.74 Å². The van der Waals surface area contributed by atoms with E-state index < -0.39 is 0 Å².